The molecule has 2 aromatic rings. The highest BCUT2D eigenvalue weighted by atomic mass is 35.5. The van der Waals surface area contributed by atoms with E-state index in [1.54, 1.807) is 49.9 Å². The molecule has 1 heterocycles. The Balaban J connectivity index is 2.06. The van der Waals surface area contributed by atoms with Gasteiger partial charge in [0.2, 0.25) is 0 Å². The van der Waals surface area contributed by atoms with E-state index in [-0.39, 0.29) is 5.89 Å². The number of nitrogens with one attached hydrogen (secondary N) is 1. The lowest BCUT2D eigenvalue weighted by Crippen LogP contribution is -2.42. The maximum Gasteiger partial charge on any atom is 0.329 e. The number of hydrogen-bond donors (Lipinski definition) is 1. The normalized spacial score (nSPS) is 13.1. The summed E-state index contributed by atoms with van der Waals surface area (Å²) in [6.07, 6.45) is 1.63. The molecule has 2 unspecified atom stereocenters. The molecule has 1 aromatic carbocycles. The van der Waals surface area contributed by atoms with Crippen molar-refractivity contribution in [3.05, 3.63) is 46.6 Å². The van der Waals surface area contributed by atoms with Crippen LogP contribution in [-0.2, 0) is 9.53 Å². The lowest BCUT2D eigenvalue weighted by molar-refractivity contribution is -0.152. The Morgan fingerprint density at radius 1 is 1.38 bits per heavy atom. The number of halogens is 1. The van der Waals surface area contributed by atoms with Crippen LogP contribution < -0.4 is 5.32 Å². The maximum atomic E-state index is 12.5. The molecule has 9 heteroatoms. The van der Waals surface area contributed by atoms with E-state index in [1.807, 2.05) is 6.26 Å². The van der Waals surface area contributed by atoms with Crippen molar-refractivity contribution >= 4 is 35.2 Å². The summed E-state index contributed by atoms with van der Waals surface area (Å²) in [6, 6.07) is 5.84. The lowest BCUT2D eigenvalue weighted by Gasteiger charge is -2.19. The first kappa shape index (κ1) is 20.3. The Morgan fingerprint density at radius 3 is 2.73 bits per heavy atom. The molecule has 26 heavy (non-hydrogen) atoms. The number of thioether (sulfide) groups is 1. The predicted octanol–water partition coefficient (Wildman–Crippen LogP) is 3.19. The summed E-state index contributed by atoms with van der Waals surface area (Å²) in [5.74, 6) is 0.338. The molecule has 0 aliphatic carbocycles. The zero-order valence-corrected chi connectivity index (χ0v) is 16.3. The molecular weight excluding hydrogens is 378 g/mol. The van der Waals surface area contributed by atoms with Crippen LogP contribution in [0, 0.1) is 6.92 Å². The first-order valence-corrected chi connectivity index (χ1v) is 9.74. The number of esters is 1. The molecule has 0 saturated carbocycles. The van der Waals surface area contributed by atoms with E-state index in [4.69, 9.17) is 20.9 Å². The van der Waals surface area contributed by atoms with Crippen LogP contribution >= 0.6 is 23.4 Å². The number of amides is 1. The fourth-order valence-electron chi connectivity index (χ4n) is 2.15. The van der Waals surface area contributed by atoms with Gasteiger partial charge in [-0.05, 0) is 44.4 Å². The molecule has 0 spiro atoms. The Morgan fingerprint density at radius 2 is 2.12 bits per heavy atom. The third-order valence-corrected chi connectivity index (χ3v) is 4.48. The number of aromatic nitrogens is 2. The number of rotatable bonds is 8. The van der Waals surface area contributed by atoms with Gasteiger partial charge in [0.15, 0.2) is 11.9 Å². The van der Waals surface area contributed by atoms with Gasteiger partial charge in [0.1, 0.15) is 6.04 Å². The topological polar surface area (TPSA) is 94.3 Å². The number of ether oxygens (including phenoxy) is 1. The van der Waals surface area contributed by atoms with Crippen molar-refractivity contribution in [3.63, 3.8) is 0 Å². The van der Waals surface area contributed by atoms with E-state index >= 15 is 0 Å². The highest BCUT2D eigenvalue weighted by molar-refractivity contribution is 7.98. The molecular formula is C17H20ClN3O4S. The first-order chi connectivity index (χ1) is 12.4. The number of carbonyl (C=O) groups excluding carboxylic acids is 2. The monoisotopic (exact) mass is 397 g/mol. The summed E-state index contributed by atoms with van der Waals surface area (Å²) in [5.41, 5.74) is 0.302. The average Bonchev–Trinajstić information content (AvgIpc) is 3.05. The van der Waals surface area contributed by atoms with Crippen molar-refractivity contribution in [1.82, 2.24) is 15.5 Å². The highest BCUT2D eigenvalue weighted by Gasteiger charge is 2.27. The van der Waals surface area contributed by atoms with Gasteiger partial charge in [-0.25, -0.2) is 4.79 Å². The second kappa shape index (κ2) is 9.59. The molecule has 0 bridgehead atoms. The molecule has 7 nitrogen and oxygen atoms in total. The quantitative estimate of drug-likeness (QED) is 0.683. The summed E-state index contributed by atoms with van der Waals surface area (Å²) in [4.78, 5) is 29.0. The van der Waals surface area contributed by atoms with Crippen LogP contribution in [0.5, 0.6) is 0 Å². The molecule has 140 valence electrons. The van der Waals surface area contributed by atoms with Gasteiger partial charge in [-0.1, -0.05) is 28.9 Å². The highest BCUT2D eigenvalue weighted by Crippen LogP contribution is 2.18. The fraction of sp³-hybridized carbons (Fsp3) is 0.412. The number of nitrogens with zero attached hydrogens (tertiary/aromatic N) is 2. The SMILES string of the molecule is CSCCC(NC(=O)c1ccccc1Cl)C(=O)OC(C)c1nc(C)no1. The molecule has 0 aliphatic rings. The van der Waals surface area contributed by atoms with Crippen LogP contribution in [0.2, 0.25) is 5.02 Å². The number of hydrogen-bond acceptors (Lipinski definition) is 7. The van der Waals surface area contributed by atoms with Crippen molar-refractivity contribution in [1.29, 1.82) is 0 Å². The van der Waals surface area contributed by atoms with Gasteiger partial charge in [0.05, 0.1) is 10.6 Å². The van der Waals surface area contributed by atoms with Crippen molar-refractivity contribution < 1.29 is 18.8 Å². The van der Waals surface area contributed by atoms with Crippen LogP contribution in [0.4, 0.5) is 0 Å². The van der Waals surface area contributed by atoms with E-state index in [0.717, 1.165) is 0 Å². The van der Waals surface area contributed by atoms with E-state index < -0.39 is 24.0 Å². The van der Waals surface area contributed by atoms with Gasteiger partial charge in [-0.3, -0.25) is 4.79 Å². The fourth-order valence-corrected chi connectivity index (χ4v) is 2.84. The van der Waals surface area contributed by atoms with Crippen LogP contribution in [0.25, 0.3) is 0 Å². The zero-order chi connectivity index (χ0) is 19.1. The van der Waals surface area contributed by atoms with Crippen molar-refractivity contribution in [2.45, 2.75) is 32.4 Å². The molecule has 1 amide bonds. The van der Waals surface area contributed by atoms with Gasteiger partial charge in [0, 0.05) is 0 Å². The zero-order valence-electron chi connectivity index (χ0n) is 14.7. The van der Waals surface area contributed by atoms with Gasteiger partial charge in [-0.15, -0.1) is 0 Å². The smallest absolute Gasteiger partial charge is 0.329 e. The largest absolute Gasteiger partial charge is 0.451 e. The standard InChI is InChI=1S/C17H20ClN3O4S/c1-10(16-19-11(2)21-25-16)24-17(23)14(8-9-26-3)20-15(22)12-6-4-5-7-13(12)18/h4-7,10,14H,8-9H2,1-3H3,(H,20,22). The number of carbonyl (C=O) groups is 2. The van der Waals surface area contributed by atoms with E-state index in [0.29, 0.717) is 28.6 Å². The molecule has 1 aromatic heterocycles. The maximum absolute atomic E-state index is 12.5. The third kappa shape index (κ3) is 5.47. The van der Waals surface area contributed by atoms with Crippen LogP contribution in [-0.4, -0.2) is 40.1 Å². The lowest BCUT2D eigenvalue weighted by atomic mass is 10.1. The Bertz CT molecular complexity index is 768. The molecule has 0 radical (unpaired) electrons. The van der Waals surface area contributed by atoms with Crippen LogP contribution in [0.15, 0.2) is 28.8 Å². The molecule has 0 aliphatic heterocycles. The van der Waals surface area contributed by atoms with Gasteiger partial charge < -0.3 is 14.6 Å². The Kier molecular flexibility index (Phi) is 7.47. The van der Waals surface area contributed by atoms with Crippen molar-refractivity contribution in [2.24, 2.45) is 0 Å². The van der Waals surface area contributed by atoms with E-state index in [1.165, 1.54) is 0 Å². The third-order valence-electron chi connectivity index (χ3n) is 3.50. The van der Waals surface area contributed by atoms with Gasteiger partial charge >= 0.3 is 5.97 Å². The molecule has 2 atom stereocenters. The minimum absolute atomic E-state index is 0.205. The molecule has 0 fully saturated rings. The van der Waals surface area contributed by atoms with Gasteiger partial charge in [-0.2, -0.15) is 16.7 Å². The summed E-state index contributed by atoms with van der Waals surface area (Å²) in [5, 5.41) is 6.68. The second-order valence-electron chi connectivity index (χ2n) is 5.55. The predicted molar refractivity (Wildman–Crippen MR) is 99.2 cm³/mol. The summed E-state index contributed by atoms with van der Waals surface area (Å²) in [6.45, 7) is 3.30. The molecule has 2 rings (SSSR count). The molecule has 1 N–H and O–H groups in total. The minimum Gasteiger partial charge on any atom is -0.451 e. The van der Waals surface area contributed by atoms with Gasteiger partial charge in [0.25, 0.3) is 11.8 Å². The second-order valence-corrected chi connectivity index (χ2v) is 6.94. The number of aryl methyl sites for hydroxylation is 1. The molecule has 0 saturated heterocycles. The van der Waals surface area contributed by atoms with E-state index in [9.17, 15) is 9.59 Å². The number of benzene rings is 1. The van der Waals surface area contributed by atoms with Crippen LogP contribution in [0.3, 0.4) is 0 Å². The van der Waals surface area contributed by atoms with Crippen molar-refractivity contribution in [2.75, 3.05) is 12.0 Å². The Labute approximate surface area is 160 Å². The summed E-state index contributed by atoms with van der Waals surface area (Å²) >= 11 is 7.61. The Hall–Kier alpha value is -2.06. The van der Waals surface area contributed by atoms with Crippen LogP contribution in [0.1, 0.15) is 41.5 Å². The average molecular weight is 398 g/mol. The minimum atomic E-state index is -0.808. The van der Waals surface area contributed by atoms with E-state index in [2.05, 4.69) is 15.5 Å². The van der Waals surface area contributed by atoms with Crippen molar-refractivity contribution in [3.8, 4) is 0 Å². The summed E-state index contributed by atoms with van der Waals surface area (Å²) in [7, 11) is 0. The first-order valence-electron chi connectivity index (χ1n) is 7.97. The summed E-state index contributed by atoms with van der Waals surface area (Å²) < 4.78 is 10.4.